The van der Waals surface area contributed by atoms with Crippen LogP contribution in [0.25, 0.3) is 11.1 Å². The molecule has 2 aliphatic carbocycles. The lowest BCUT2D eigenvalue weighted by molar-refractivity contribution is 0.0284. The van der Waals surface area contributed by atoms with Crippen molar-refractivity contribution in [2.45, 2.75) is 57.4 Å². The zero-order chi connectivity index (χ0) is 26.3. The second-order valence-electron chi connectivity index (χ2n) is 11.9. The Hall–Kier alpha value is -3.11. The first-order valence-corrected chi connectivity index (χ1v) is 14.3. The molecule has 3 aliphatic rings. The van der Waals surface area contributed by atoms with Crippen LogP contribution in [0.4, 0.5) is 0 Å². The summed E-state index contributed by atoms with van der Waals surface area (Å²) in [4.78, 5) is 15.9. The first-order chi connectivity index (χ1) is 18.5. The van der Waals surface area contributed by atoms with Gasteiger partial charge in [-0.15, -0.1) is 0 Å². The van der Waals surface area contributed by atoms with Crippen molar-refractivity contribution in [2.75, 3.05) is 26.7 Å². The fraction of sp³-hybridized carbons (Fsp3) is 0.441. The van der Waals surface area contributed by atoms with Crippen LogP contribution < -0.4 is 10.1 Å². The summed E-state index contributed by atoms with van der Waals surface area (Å²) in [7, 11) is 1.70. The van der Waals surface area contributed by atoms with Crippen LogP contribution in [-0.4, -0.2) is 43.6 Å². The Kier molecular flexibility index (Phi) is 6.77. The van der Waals surface area contributed by atoms with Crippen LogP contribution in [0, 0.1) is 11.8 Å². The predicted octanol–water partition coefficient (Wildman–Crippen LogP) is 6.27. The molecule has 1 saturated carbocycles. The van der Waals surface area contributed by atoms with Gasteiger partial charge in [0.2, 0.25) is 0 Å². The SMILES string of the molecule is COc1ccccc1-c1ccc(CCNC(=O)c2ccc3c(c2)[C@]2(C)CCN(CC4CC4)[C@H](C3)[C@@H]2C)cc1. The van der Waals surface area contributed by atoms with Gasteiger partial charge in [0.25, 0.3) is 5.91 Å². The average Bonchev–Trinajstić information content (AvgIpc) is 3.77. The number of likely N-dealkylation sites (tertiary alicyclic amines) is 1. The number of para-hydroxylation sites is 1. The third-order valence-electron chi connectivity index (χ3n) is 9.65. The lowest BCUT2D eigenvalue weighted by Gasteiger charge is -2.55. The molecule has 38 heavy (non-hydrogen) atoms. The van der Waals surface area contributed by atoms with E-state index < -0.39 is 0 Å². The summed E-state index contributed by atoms with van der Waals surface area (Å²) in [6, 6.07) is 23.7. The Labute approximate surface area is 227 Å². The number of carbonyl (C=O) groups is 1. The van der Waals surface area contributed by atoms with Gasteiger partial charge >= 0.3 is 0 Å². The summed E-state index contributed by atoms with van der Waals surface area (Å²) in [6.07, 6.45) is 5.93. The minimum Gasteiger partial charge on any atom is -0.496 e. The minimum atomic E-state index is 0.0305. The van der Waals surface area contributed by atoms with Gasteiger partial charge in [-0.05, 0) is 96.4 Å². The molecular formula is C34H40N2O2. The van der Waals surface area contributed by atoms with Crippen LogP contribution in [0.15, 0.2) is 66.7 Å². The van der Waals surface area contributed by atoms with E-state index in [1.165, 1.54) is 49.0 Å². The number of ether oxygens (including phenoxy) is 1. The molecule has 1 saturated heterocycles. The molecule has 4 nitrogen and oxygen atoms in total. The third-order valence-corrected chi connectivity index (χ3v) is 9.65. The Morgan fingerprint density at radius 2 is 1.87 bits per heavy atom. The van der Waals surface area contributed by atoms with E-state index >= 15 is 0 Å². The van der Waals surface area contributed by atoms with Crippen molar-refractivity contribution in [3.63, 3.8) is 0 Å². The largest absolute Gasteiger partial charge is 0.496 e. The molecule has 3 aromatic rings. The Morgan fingerprint density at radius 1 is 1.08 bits per heavy atom. The van der Waals surface area contributed by atoms with Gasteiger partial charge in [-0.25, -0.2) is 0 Å². The van der Waals surface area contributed by atoms with Crippen LogP contribution in [0.2, 0.25) is 0 Å². The van der Waals surface area contributed by atoms with E-state index in [0.29, 0.717) is 18.5 Å². The third kappa shape index (κ3) is 4.75. The lowest BCUT2D eigenvalue weighted by Crippen LogP contribution is -2.58. The van der Waals surface area contributed by atoms with E-state index in [4.69, 9.17) is 4.74 Å². The Bertz CT molecular complexity index is 1310. The molecule has 1 N–H and O–H groups in total. The van der Waals surface area contributed by atoms with E-state index in [-0.39, 0.29) is 11.3 Å². The molecular weight excluding hydrogens is 468 g/mol. The number of hydrogen-bond acceptors (Lipinski definition) is 3. The molecule has 0 aromatic heterocycles. The van der Waals surface area contributed by atoms with Gasteiger partial charge in [0.05, 0.1) is 7.11 Å². The number of fused-ring (bicyclic) bond motifs is 4. The monoisotopic (exact) mass is 508 g/mol. The van der Waals surface area contributed by atoms with Crippen molar-refractivity contribution >= 4 is 5.91 Å². The van der Waals surface area contributed by atoms with Gasteiger partial charge in [0, 0.05) is 30.3 Å². The van der Waals surface area contributed by atoms with Crippen molar-refractivity contribution in [1.82, 2.24) is 10.2 Å². The zero-order valence-corrected chi connectivity index (χ0v) is 23.0. The van der Waals surface area contributed by atoms with Gasteiger partial charge in [0.15, 0.2) is 0 Å². The number of nitrogens with one attached hydrogen (secondary N) is 1. The molecule has 1 heterocycles. The first kappa shape index (κ1) is 25.2. The summed E-state index contributed by atoms with van der Waals surface area (Å²) in [5.41, 5.74) is 7.23. The maximum absolute atomic E-state index is 13.1. The van der Waals surface area contributed by atoms with Crippen molar-refractivity contribution in [3.8, 4) is 16.9 Å². The maximum Gasteiger partial charge on any atom is 0.251 e. The van der Waals surface area contributed by atoms with Crippen molar-refractivity contribution in [1.29, 1.82) is 0 Å². The van der Waals surface area contributed by atoms with Gasteiger partial charge in [0.1, 0.15) is 5.75 Å². The molecule has 0 unspecified atom stereocenters. The highest BCUT2D eigenvalue weighted by molar-refractivity contribution is 5.94. The minimum absolute atomic E-state index is 0.0305. The standard InChI is InChI=1S/C34H40N2O2/c1-23-31-21-27-14-15-28(20-30(27)34(23,2)17-19-36(31)22-25-8-9-25)33(37)35-18-16-24-10-12-26(13-11-24)29-6-4-5-7-32(29)38-3/h4-7,10-15,20,23,25,31H,8-9,16-19,21-22H2,1-3H3,(H,35,37)/t23-,31+,34+/m0/s1. The number of rotatable bonds is 8. The molecule has 0 spiro atoms. The van der Waals surface area contributed by atoms with E-state index in [1.54, 1.807) is 7.11 Å². The fourth-order valence-electron chi connectivity index (χ4n) is 6.86. The van der Waals surface area contributed by atoms with E-state index in [0.717, 1.165) is 41.2 Å². The van der Waals surface area contributed by atoms with Gasteiger partial charge in [-0.1, -0.05) is 62.4 Å². The molecule has 3 atom stereocenters. The van der Waals surface area contributed by atoms with E-state index in [1.807, 2.05) is 24.3 Å². The summed E-state index contributed by atoms with van der Waals surface area (Å²) in [6.45, 7) is 7.97. The number of piperidine rings is 1. The molecule has 198 valence electrons. The number of nitrogens with zero attached hydrogens (tertiary/aromatic N) is 1. The predicted molar refractivity (Wildman–Crippen MR) is 154 cm³/mol. The number of hydrogen-bond donors (Lipinski definition) is 1. The van der Waals surface area contributed by atoms with Crippen LogP contribution in [0.3, 0.4) is 0 Å². The maximum atomic E-state index is 13.1. The molecule has 2 fully saturated rings. The average molecular weight is 509 g/mol. The second kappa shape index (κ2) is 10.2. The van der Waals surface area contributed by atoms with E-state index in [9.17, 15) is 4.79 Å². The second-order valence-corrected chi connectivity index (χ2v) is 11.9. The summed E-state index contributed by atoms with van der Waals surface area (Å²) in [5.74, 6) is 2.45. The van der Waals surface area contributed by atoms with Crippen LogP contribution >= 0.6 is 0 Å². The van der Waals surface area contributed by atoms with Crippen molar-refractivity contribution < 1.29 is 9.53 Å². The first-order valence-electron chi connectivity index (χ1n) is 14.3. The van der Waals surface area contributed by atoms with Gasteiger partial charge in [-0.3, -0.25) is 9.69 Å². The summed E-state index contributed by atoms with van der Waals surface area (Å²) < 4.78 is 5.50. The summed E-state index contributed by atoms with van der Waals surface area (Å²) in [5, 5.41) is 3.17. The molecule has 3 aromatic carbocycles. The van der Waals surface area contributed by atoms with Gasteiger partial charge in [-0.2, -0.15) is 0 Å². The smallest absolute Gasteiger partial charge is 0.251 e. The van der Waals surface area contributed by atoms with E-state index in [2.05, 4.69) is 66.5 Å². The molecule has 1 amide bonds. The fourth-order valence-corrected chi connectivity index (χ4v) is 6.86. The van der Waals surface area contributed by atoms with Gasteiger partial charge < -0.3 is 10.1 Å². The Morgan fingerprint density at radius 3 is 2.63 bits per heavy atom. The van der Waals surface area contributed by atoms with Crippen molar-refractivity contribution in [3.05, 3.63) is 89.0 Å². The van der Waals surface area contributed by atoms with Crippen molar-refractivity contribution in [2.24, 2.45) is 11.8 Å². The highest BCUT2D eigenvalue weighted by atomic mass is 16.5. The quantitative estimate of drug-likeness (QED) is 0.390. The molecule has 0 radical (unpaired) electrons. The number of amides is 1. The normalized spacial score (nSPS) is 24.5. The lowest BCUT2D eigenvalue weighted by atomic mass is 9.59. The number of carbonyl (C=O) groups excluding carboxylic acids is 1. The topological polar surface area (TPSA) is 41.6 Å². The van der Waals surface area contributed by atoms with Crippen LogP contribution in [-0.2, 0) is 18.3 Å². The molecule has 4 heteroatoms. The highest BCUT2D eigenvalue weighted by Crippen LogP contribution is 2.49. The zero-order valence-electron chi connectivity index (χ0n) is 23.0. The molecule has 2 bridgehead atoms. The molecule has 6 rings (SSSR count). The molecule has 1 aliphatic heterocycles. The summed E-state index contributed by atoms with van der Waals surface area (Å²) >= 11 is 0. The van der Waals surface area contributed by atoms with Crippen LogP contribution in [0.5, 0.6) is 5.75 Å². The Balaban J connectivity index is 1.09. The van der Waals surface area contributed by atoms with Crippen LogP contribution in [0.1, 0.15) is 60.2 Å². The number of methoxy groups -OCH3 is 1. The highest BCUT2D eigenvalue weighted by Gasteiger charge is 2.49. The number of benzene rings is 3.